The molecule has 13 heavy (non-hydrogen) atoms. The molecule has 2 rings (SSSR count). The molecule has 0 radical (unpaired) electrons. The maximum Gasteiger partial charge on any atom is 0.0520 e. The van der Waals surface area contributed by atoms with E-state index in [0.29, 0.717) is 0 Å². The normalized spacial score (nSPS) is 10.3. The van der Waals surface area contributed by atoms with Crippen LogP contribution in [0.2, 0.25) is 0 Å². The molecule has 2 aromatic rings. The molecule has 2 aromatic carbocycles. The van der Waals surface area contributed by atoms with E-state index in [1.807, 2.05) is 19.1 Å². The van der Waals surface area contributed by atoms with Gasteiger partial charge in [0, 0.05) is 0 Å². The molecule has 0 saturated carbocycles. The molecule has 0 atom stereocenters. The Balaban J connectivity index is 2.74. The Labute approximate surface area is 77.3 Å². The number of anilines is 1. The van der Waals surface area contributed by atoms with E-state index in [4.69, 9.17) is 5.84 Å². The van der Waals surface area contributed by atoms with E-state index in [2.05, 4.69) is 29.7 Å². The smallest absolute Gasteiger partial charge is 0.0520 e. The lowest BCUT2D eigenvalue weighted by Gasteiger charge is -2.06. The first-order valence-electron chi connectivity index (χ1n) is 4.27. The number of rotatable bonds is 1. The molecule has 0 fully saturated rings. The second kappa shape index (κ2) is 3.07. The largest absolute Gasteiger partial charge is 0.324 e. The van der Waals surface area contributed by atoms with Crippen LogP contribution in [0, 0.1) is 6.92 Å². The van der Waals surface area contributed by atoms with Crippen LogP contribution in [0.5, 0.6) is 0 Å². The van der Waals surface area contributed by atoms with E-state index < -0.39 is 0 Å². The Morgan fingerprint density at radius 2 is 1.69 bits per heavy atom. The lowest BCUT2D eigenvalue weighted by molar-refractivity contribution is 1.32. The first kappa shape index (κ1) is 8.08. The number of nitrogen functional groups attached to an aromatic ring is 1. The van der Waals surface area contributed by atoms with Crippen LogP contribution in [0.4, 0.5) is 5.69 Å². The van der Waals surface area contributed by atoms with E-state index in [0.717, 1.165) is 5.69 Å². The third-order valence-corrected chi connectivity index (χ3v) is 2.25. The lowest BCUT2D eigenvalue weighted by Crippen LogP contribution is -2.07. The van der Waals surface area contributed by atoms with Crippen molar-refractivity contribution in [2.45, 2.75) is 6.92 Å². The summed E-state index contributed by atoms with van der Waals surface area (Å²) >= 11 is 0. The number of aryl methyl sites for hydroxylation is 1. The molecule has 0 unspecified atom stereocenters. The van der Waals surface area contributed by atoms with Crippen LogP contribution >= 0.6 is 0 Å². The van der Waals surface area contributed by atoms with Gasteiger partial charge >= 0.3 is 0 Å². The zero-order valence-corrected chi connectivity index (χ0v) is 7.54. The minimum atomic E-state index is 0.985. The summed E-state index contributed by atoms with van der Waals surface area (Å²) in [6.45, 7) is 2.04. The van der Waals surface area contributed by atoms with Gasteiger partial charge < -0.3 is 5.43 Å². The molecule has 3 N–H and O–H groups in total. The van der Waals surface area contributed by atoms with Crippen LogP contribution in [-0.4, -0.2) is 0 Å². The first-order valence-corrected chi connectivity index (χ1v) is 4.27. The van der Waals surface area contributed by atoms with Gasteiger partial charge in [0.05, 0.1) is 5.69 Å². The number of benzene rings is 2. The van der Waals surface area contributed by atoms with Crippen molar-refractivity contribution >= 4 is 16.5 Å². The average molecular weight is 172 g/mol. The Morgan fingerprint density at radius 1 is 1.08 bits per heavy atom. The molecule has 2 nitrogen and oxygen atoms in total. The van der Waals surface area contributed by atoms with Gasteiger partial charge in [-0.25, -0.2) is 0 Å². The van der Waals surface area contributed by atoms with Crippen molar-refractivity contribution in [2.24, 2.45) is 5.84 Å². The summed E-state index contributed by atoms with van der Waals surface area (Å²) in [6.07, 6.45) is 0. The molecular formula is C11H12N2. The molecule has 0 heterocycles. The van der Waals surface area contributed by atoms with E-state index in [1.165, 1.54) is 16.3 Å². The first-order chi connectivity index (χ1) is 6.31. The average Bonchev–Trinajstić information content (AvgIpc) is 2.17. The summed E-state index contributed by atoms with van der Waals surface area (Å²) in [5.74, 6) is 5.39. The van der Waals surface area contributed by atoms with Gasteiger partial charge in [0.1, 0.15) is 0 Å². The predicted molar refractivity (Wildman–Crippen MR) is 56.5 cm³/mol. The molecule has 0 aromatic heterocycles. The fourth-order valence-electron chi connectivity index (χ4n) is 1.51. The second-order valence-electron chi connectivity index (χ2n) is 3.16. The quantitative estimate of drug-likeness (QED) is 0.512. The summed E-state index contributed by atoms with van der Waals surface area (Å²) in [4.78, 5) is 0. The van der Waals surface area contributed by atoms with Gasteiger partial charge in [0.15, 0.2) is 0 Å². The highest BCUT2D eigenvalue weighted by atomic mass is 15.2. The summed E-state index contributed by atoms with van der Waals surface area (Å²) in [5, 5.41) is 2.46. The van der Waals surface area contributed by atoms with Crippen LogP contribution < -0.4 is 11.3 Å². The number of hydrogen-bond donors (Lipinski definition) is 2. The van der Waals surface area contributed by atoms with Crippen molar-refractivity contribution in [3.8, 4) is 0 Å². The summed E-state index contributed by atoms with van der Waals surface area (Å²) in [7, 11) is 0. The van der Waals surface area contributed by atoms with Crippen molar-refractivity contribution in [2.75, 3.05) is 5.43 Å². The molecule has 2 heteroatoms. The van der Waals surface area contributed by atoms with E-state index in [-0.39, 0.29) is 0 Å². The minimum Gasteiger partial charge on any atom is -0.324 e. The Morgan fingerprint density at radius 3 is 2.31 bits per heavy atom. The van der Waals surface area contributed by atoms with Gasteiger partial charge in [-0.2, -0.15) is 0 Å². The Kier molecular flexibility index (Phi) is 1.91. The molecule has 0 spiro atoms. The highest BCUT2D eigenvalue weighted by Gasteiger charge is 1.98. The van der Waals surface area contributed by atoms with Crippen LogP contribution in [0.1, 0.15) is 5.56 Å². The lowest BCUT2D eigenvalue weighted by atomic mass is 10.1. The number of nitrogens with two attached hydrogens (primary N) is 1. The molecule has 66 valence electrons. The van der Waals surface area contributed by atoms with Gasteiger partial charge in [0.2, 0.25) is 0 Å². The van der Waals surface area contributed by atoms with E-state index >= 15 is 0 Å². The Bertz CT molecular complexity index is 435. The van der Waals surface area contributed by atoms with Gasteiger partial charge in [-0.1, -0.05) is 24.3 Å². The monoisotopic (exact) mass is 172 g/mol. The zero-order valence-electron chi connectivity index (χ0n) is 7.54. The Hall–Kier alpha value is -1.54. The maximum absolute atomic E-state index is 5.39. The number of hydrazine groups is 1. The molecule has 0 bridgehead atoms. The third kappa shape index (κ3) is 1.36. The van der Waals surface area contributed by atoms with Gasteiger partial charge in [-0.3, -0.25) is 5.84 Å². The van der Waals surface area contributed by atoms with Crippen LogP contribution in [0.15, 0.2) is 36.4 Å². The van der Waals surface area contributed by atoms with Crippen molar-refractivity contribution < 1.29 is 0 Å². The highest BCUT2D eigenvalue weighted by Crippen LogP contribution is 2.22. The number of nitrogens with one attached hydrogen (secondary N) is 1. The SMILES string of the molecule is Cc1cc2ccccc2cc1NN. The standard InChI is InChI=1S/C11H12N2/c1-8-6-9-4-2-3-5-10(9)7-11(8)13-12/h2-7,13H,12H2,1H3. The zero-order chi connectivity index (χ0) is 9.26. The summed E-state index contributed by atoms with van der Waals surface area (Å²) in [6, 6.07) is 12.4. The fourth-order valence-corrected chi connectivity index (χ4v) is 1.51. The molecule has 0 saturated heterocycles. The molecule has 0 amide bonds. The summed E-state index contributed by atoms with van der Waals surface area (Å²) < 4.78 is 0. The number of hydrogen-bond acceptors (Lipinski definition) is 2. The van der Waals surface area contributed by atoms with E-state index in [9.17, 15) is 0 Å². The fraction of sp³-hybridized carbons (Fsp3) is 0.0909. The van der Waals surface area contributed by atoms with Gasteiger partial charge in [-0.15, -0.1) is 0 Å². The predicted octanol–water partition coefficient (Wildman–Crippen LogP) is 2.43. The number of fused-ring (bicyclic) bond motifs is 1. The van der Waals surface area contributed by atoms with Gasteiger partial charge in [-0.05, 0) is 35.4 Å². The second-order valence-corrected chi connectivity index (χ2v) is 3.16. The highest BCUT2D eigenvalue weighted by molar-refractivity contribution is 5.87. The van der Waals surface area contributed by atoms with E-state index in [1.54, 1.807) is 0 Å². The molecule has 0 aliphatic carbocycles. The third-order valence-electron chi connectivity index (χ3n) is 2.25. The topological polar surface area (TPSA) is 38.0 Å². The minimum absolute atomic E-state index is 0.985. The van der Waals surface area contributed by atoms with Crippen molar-refractivity contribution in [3.63, 3.8) is 0 Å². The van der Waals surface area contributed by atoms with Gasteiger partial charge in [0.25, 0.3) is 0 Å². The van der Waals surface area contributed by atoms with Crippen LogP contribution in [0.3, 0.4) is 0 Å². The summed E-state index contributed by atoms with van der Waals surface area (Å²) in [5.41, 5.74) is 4.84. The van der Waals surface area contributed by atoms with Crippen molar-refractivity contribution in [1.29, 1.82) is 0 Å². The molecule has 0 aliphatic heterocycles. The molecular weight excluding hydrogens is 160 g/mol. The maximum atomic E-state index is 5.39. The van der Waals surface area contributed by atoms with Crippen molar-refractivity contribution in [3.05, 3.63) is 42.0 Å². The van der Waals surface area contributed by atoms with Crippen LogP contribution in [0.25, 0.3) is 10.8 Å². The molecule has 0 aliphatic rings. The van der Waals surface area contributed by atoms with Crippen LogP contribution in [-0.2, 0) is 0 Å². The van der Waals surface area contributed by atoms with Crippen molar-refractivity contribution in [1.82, 2.24) is 0 Å².